The van der Waals surface area contributed by atoms with Gasteiger partial charge in [0, 0.05) is 34.5 Å². The summed E-state index contributed by atoms with van der Waals surface area (Å²) in [4.78, 5) is 58.9. The Balaban J connectivity index is 0.000000173. The predicted molar refractivity (Wildman–Crippen MR) is 351 cm³/mol. The molecule has 8 nitrogen and oxygen atoms in total. The Labute approximate surface area is 527 Å². The molecule has 0 saturated carbocycles. The van der Waals surface area contributed by atoms with E-state index in [0.717, 1.165) is 51.4 Å². The largest absolute Gasteiger partial charge is 0.466 e. The number of para-hydroxylation sites is 1. The third kappa shape index (κ3) is 11.5. The lowest BCUT2D eigenvalue weighted by Gasteiger charge is -2.43. The Kier molecular flexibility index (Phi) is 18.8. The van der Waals surface area contributed by atoms with E-state index in [0.29, 0.717) is 31.6 Å². The summed E-state index contributed by atoms with van der Waals surface area (Å²) < 4.78 is 11.3. The lowest BCUT2D eigenvalue weighted by atomic mass is 9.59. The molecule has 0 unspecified atom stereocenters. The van der Waals surface area contributed by atoms with Crippen molar-refractivity contribution in [2.24, 2.45) is 0 Å². The maximum Gasteiger partial charge on any atom is 0.373 e. The standard InChI is InChI=1S/C44H36O2.C36H36O2.2CO2/c45-42(46-33-17-5-2-6-18-33)28-30-44(40-25-13-9-21-36(40)37-22-10-14-26-41(37)44)31-43(29-27-32-15-3-1-4-16-32)38-23-11-7-19-34(38)35-20-8-12-24-39(35)43;1-3-5-23-35(30-18-10-6-14-26(30)27-15-7-11-19-31(27)35)25-36(24-22-34(37)38-4-2)32-20-12-8-16-28(32)29-17-9-13-21-33(29)36;2*2-1-3/h1-26H,27-31H2;6-21H,3-5,22-25H2,1-2H3;;. The molecule has 4 aliphatic carbocycles. The van der Waals surface area contributed by atoms with Crippen molar-refractivity contribution in [3.8, 4) is 50.3 Å². The van der Waals surface area contributed by atoms with Crippen LogP contribution in [0.2, 0.25) is 0 Å². The zero-order valence-electron chi connectivity index (χ0n) is 51.0. The van der Waals surface area contributed by atoms with Gasteiger partial charge in [-0.05, 0) is 159 Å². The molecule has 0 radical (unpaired) electrons. The van der Waals surface area contributed by atoms with E-state index in [1.165, 1.54) is 94.6 Å². The van der Waals surface area contributed by atoms with Crippen molar-refractivity contribution in [1.82, 2.24) is 0 Å². The van der Waals surface area contributed by atoms with E-state index >= 15 is 0 Å². The van der Waals surface area contributed by atoms with Crippen LogP contribution in [-0.4, -0.2) is 30.8 Å². The van der Waals surface area contributed by atoms with Crippen LogP contribution in [0.25, 0.3) is 44.5 Å². The van der Waals surface area contributed by atoms with Gasteiger partial charge in [0.05, 0.1) is 6.61 Å². The Bertz CT molecular complexity index is 4050. The summed E-state index contributed by atoms with van der Waals surface area (Å²) >= 11 is 0. The number of fused-ring (bicyclic) bond motifs is 12. The van der Waals surface area contributed by atoms with Crippen molar-refractivity contribution in [1.29, 1.82) is 0 Å². The van der Waals surface area contributed by atoms with Crippen molar-refractivity contribution >= 4 is 24.2 Å². The average molecular weight is 1190 g/mol. The van der Waals surface area contributed by atoms with E-state index in [-0.39, 0.29) is 40.5 Å². The molecule has 0 saturated heterocycles. The van der Waals surface area contributed by atoms with Crippen LogP contribution in [-0.2, 0) is 61.6 Å². The first kappa shape index (κ1) is 61.5. The van der Waals surface area contributed by atoms with Gasteiger partial charge in [0.15, 0.2) is 0 Å². The van der Waals surface area contributed by atoms with Gasteiger partial charge in [-0.1, -0.05) is 262 Å². The van der Waals surface area contributed by atoms with E-state index in [2.05, 4.69) is 231 Å². The number of benzene rings is 10. The van der Waals surface area contributed by atoms with Gasteiger partial charge in [-0.2, -0.15) is 19.2 Å². The van der Waals surface area contributed by atoms with Crippen molar-refractivity contribution in [3.63, 3.8) is 0 Å². The second-order valence-electron chi connectivity index (χ2n) is 23.9. The van der Waals surface area contributed by atoms with Crippen molar-refractivity contribution in [2.75, 3.05) is 6.61 Å². The quantitative estimate of drug-likeness (QED) is 0.0615. The van der Waals surface area contributed by atoms with E-state index in [1.807, 2.05) is 37.3 Å². The summed E-state index contributed by atoms with van der Waals surface area (Å²) in [5.41, 5.74) is 21.7. The first-order valence-electron chi connectivity index (χ1n) is 31.4. The first-order valence-corrected chi connectivity index (χ1v) is 31.4. The molecule has 90 heavy (non-hydrogen) atoms. The highest BCUT2D eigenvalue weighted by Gasteiger charge is 2.54. The SMILES string of the molecule is CCCCC1(CC2(CCC(=O)OCC)c3ccccc3-c3ccccc32)c2ccccc2-c2ccccc21.O=C(CCC1(CC2(CCc3ccccc3)c3ccccc3-c3ccccc32)c2ccccc2-c2ccccc21)Oc1ccccc1.O=C=O.O=C=O. The normalized spacial score (nSPS) is 14.1. The molecule has 0 spiro atoms. The average Bonchev–Trinajstić information content (AvgIpc) is 1.54. The maximum absolute atomic E-state index is 13.5. The van der Waals surface area contributed by atoms with Crippen LogP contribution in [0.15, 0.2) is 255 Å². The van der Waals surface area contributed by atoms with Crippen LogP contribution < -0.4 is 4.74 Å². The number of hydrogen-bond acceptors (Lipinski definition) is 8. The van der Waals surface area contributed by atoms with Crippen LogP contribution in [0.5, 0.6) is 5.75 Å². The van der Waals surface area contributed by atoms with Gasteiger partial charge in [0.25, 0.3) is 0 Å². The molecule has 0 amide bonds. The number of hydrogen-bond donors (Lipinski definition) is 0. The molecule has 0 atom stereocenters. The predicted octanol–water partition coefficient (Wildman–Crippen LogP) is 18.0. The summed E-state index contributed by atoms with van der Waals surface area (Å²) in [6.45, 7) is 4.59. The highest BCUT2D eigenvalue weighted by Crippen LogP contribution is 2.64. The van der Waals surface area contributed by atoms with Gasteiger partial charge in [0.2, 0.25) is 0 Å². The molecule has 0 bridgehead atoms. The van der Waals surface area contributed by atoms with Crippen molar-refractivity contribution in [3.05, 3.63) is 305 Å². The third-order valence-electron chi connectivity index (χ3n) is 19.3. The first-order chi connectivity index (χ1) is 44.1. The molecule has 0 fully saturated rings. The molecule has 0 N–H and O–H groups in total. The number of esters is 2. The smallest absolute Gasteiger partial charge is 0.373 e. The zero-order chi connectivity index (χ0) is 62.6. The highest BCUT2D eigenvalue weighted by molar-refractivity contribution is 5.87. The molecule has 448 valence electrons. The van der Waals surface area contributed by atoms with Crippen LogP contribution >= 0.6 is 0 Å². The van der Waals surface area contributed by atoms with Crippen molar-refractivity contribution in [2.45, 2.75) is 106 Å². The van der Waals surface area contributed by atoms with Crippen LogP contribution in [0.4, 0.5) is 0 Å². The second kappa shape index (κ2) is 27.5. The Hall–Kier alpha value is -10.1. The second-order valence-corrected chi connectivity index (χ2v) is 23.9. The van der Waals surface area contributed by atoms with Gasteiger partial charge in [-0.3, -0.25) is 9.59 Å². The van der Waals surface area contributed by atoms with Gasteiger partial charge < -0.3 is 9.47 Å². The Morgan fingerprint density at radius 3 is 0.911 bits per heavy atom. The van der Waals surface area contributed by atoms with Crippen molar-refractivity contribution < 1.29 is 38.2 Å². The highest BCUT2D eigenvalue weighted by atomic mass is 16.5. The van der Waals surface area contributed by atoms with Gasteiger partial charge >= 0.3 is 24.2 Å². The van der Waals surface area contributed by atoms with Crippen LogP contribution in [0.3, 0.4) is 0 Å². The monoisotopic (exact) mass is 1180 g/mol. The molecule has 8 heteroatoms. The van der Waals surface area contributed by atoms with E-state index in [4.69, 9.17) is 28.7 Å². The van der Waals surface area contributed by atoms with E-state index in [9.17, 15) is 9.59 Å². The van der Waals surface area contributed by atoms with Gasteiger partial charge in [-0.15, -0.1) is 0 Å². The number of unbranched alkanes of at least 4 members (excludes halogenated alkanes) is 1. The fourth-order valence-corrected chi connectivity index (χ4v) is 15.9. The minimum absolute atomic E-state index is 0.108. The van der Waals surface area contributed by atoms with Gasteiger partial charge in [0.1, 0.15) is 5.75 Å². The molecular weight excluding hydrogens is 1110 g/mol. The molecule has 4 aliphatic rings. The van der Waals surface area contributed by atoms with E-state index in [1.54, 1.807) is 0 Å². The number of carbonyl (C=O) groups is 2. The lowest BCUT2D eigenvalue weighted by molar-refractivity contribution is -0.193. The summed E-state index contributed by atoms with van der Waals surface area (Å²) in [5, 5.41) is 0. The molecule has 0 heterocycles. The fraction of sp³-hybridized carbons (Fsp3) is 0.220. The summed E-state index contributed by atoms with van der Waals surface area (Å²) in [6.07, 6.45) is 9.71. The third-order valence-corrected chi connectivity index (χ3v) is 19.3. The van der Waals surface area contributed by atoms with E-state index < -0.39 is 5.41 Å². The number of carbonyl (C=O) groups excluding carboxylic acids is 6. The minimum atomic E-state index is -0.399. The fourth-order valence-electron chi connectivity index (χ4n) is 15.9. The topological polar surface area (TPSA) is 121 Å². The van der Waals surface area contributed by atoms with Gasteiger partial charge in [-0.25, -0.2) is 0 Å². The number of ether oxygens (including phenoxy) is 2. The molecule has 10 aromatic carbocycles. The summed E-state index contributed by atoms with van der Waals surface area (Å²) in [5.74, 6) is 0.285. The summed E-state index contributed by atoms with van der Waals surface area (Å²) in [6, 6.07) is 91.8. The number of aryl methyl sites for hydroxylation is 1. The van der Waals surface area contributed by atoms with Crippen LogP contribution in [0.1, 0.15) is 128 Å². The molecule has 10 aromatic rings. The zero-order valence-corrected chi connectivity index (χ0v) is 51.0. The van der Waals surface area contributed by atoms with Crippen LogP contribution in [0, 0.1) is 0 Å². The molecule has 0 aromatic heterocycles. The maximum atomic E-state index is 13.5. The lowest BCUT2D eigenvalue weighted by Crippen LogP contribution is -2.38. The molecule has 0 aliphatic heterocycles. The molecule has 14 rings (SSSR count). The Morgan fingerprint density at radius 2 is 0.600 bits per heavy atom. The Morgan fingerprint density at radius 1 is 0.333 bits per heavy atom. The number of rotatable bonds is 18. The minimum Gasteiger partial charge on any atom is -0.466 e. The summed E-state index contributed by atoms with van der Waals surface area (Å²) in [7, 11) is 0. The molecular formula is C82H72O8.